The molecule has 5 heteroatoms. The number of nitrogens with zero attached hydrogens (tertiary/aromatic N) is 1. The molecule has 1 aromatic heterocycles. The second kappa shape index (κ2) is 6.02. The molecule has 0 saturated carbocycles. The minimum atomic E-state index is -0.201. The number of hydrogen-bond donors (Lipinski definition) is 1. The summed E-state index contributed by atoms with van der Waals surface area (Å²) < 4.78 is 10.6. The summed E-state index contributed by atoms with van der Waals surface area (Å²) in [7, 11) is 0. The number of carbonyl (C=O) groups is 1. The van der Waals surface area contributed by atoms with Crippen molar-refractivity contribution in [1.29, 1.82) is 0 Å². The summed E-state index contributed by atoms with van der Waals surface area (Å²) in [6.07, 6.45) is 1.67. The SMILES string of the molecule is Cc1ccoc1CNC(C)C(=O)N1CCOCC1. The maximum absolute atomic E-state index is 12.1. The van der Waals surface area contributed by atoms with Crippen molar-refractivity contribution in [2.75, 3.05) is 26.3 Å². The van der Waals surface area contributed by atoms with Crippen molar-refractivity contribution >= 4 is 5.91 Å². The molecule has 1 amide bonds. The Balaban J connectivity index is 1.82. The first-order valence-electron chi connectivity index (χ1n) is 6.31. The number of ether oxygens (including phenoxy) is 1. The zero-order valence-electron chi connectivity index (χ0n) is 10.9. The van der Waals surface area contributed by atoms with Gasteiger partial charge in [0.15, 0.2) is 0 Å². The lowest BCUT2D eigenvalue weighted by atomic mass is 10.2. The van der Waals surface area contributed by atoms with Crippen LogP contribution in [0.1, 0.15) is 18.2 Å². The lowest BCUT2D eigenvalue weighted by Gasteiger charge is -2.29. The van der Waals surface area contributed by atoms with E-state index in [1.165, 1.54) is 0 Å². The van der Waals surface area contributed by atoms with E-state index in [0.717, 1.165) is 11.3 Å². The summed E-state index contributed by atoms with van der Waals surface area (Å²) in [4.78, 5) is 14.0. The van der Waals surface area contributed by atoms with Crippen molar-refractivity contribution in [2.45, 2.75) is 26.4 Å². The molecule has 0 aromatic carbocycles. The fraction of sp³-hybridized carbons (Fsp3) is 0.615. The minimum Gasteiger partial charge on any atom is -0.468 e. The Morgan fingerprint density at radius 3 is 2.83 bits per heavy atom. The van der Waals surface area contributed by atoms with Gasteiger partial charge < -0.3 is 14.1 Å². The van der Waals surface area contributed by atoms with E-state index in [1.54, 1.807) is 6.26 Å². The molecule has 1 atom stereocenters. The number of furan rings is 1. The van der Waals surface area contributed by atoms with Crippen LogP contribution in [0.25, 0.3) is 0 Å². The quantitative estimate of drug-likeness (QED) is 0.866. The van der Waals surface area contributed by atoms with Gasteiger partial charge in [-0.15, -0.1) is 0 Å². The zero-order chi connectivity index (χ0) is 13.0. The highest BCUT2D eigenvalue weighted by atomic mass is 16.5. The van der Waals surface area contributed by atoms with Crippen molar-refractivity contribution in [3.05, 3.63) is 23.7 Å². The van der Waals surface area contributed by atoms with Crippen LogP contribution in [0.15, 0.2) is 16.7 Å². The average Bonchev–Trinajstić information content (AvgIpc) is 2.81. The van der Waals surface area contributed by atoms with Crippen molar-refractivity contribution in [3.63, 3.8) is 0 Å². The number of nitrogens with one attached hydrogen (secondary N) is 1. The van der Waals surface area contributed by atoms with Crippen LogP contribution in [0.5, 0.6) is 0 Å². The van der Waals surface area contributed by atoms with E-state index in [0.29, 0.717) is 32.8 Å². The lowest BCUT2D eigenvalue weighted by molar-refractivity contribution is -0.137. The first-order valence-corrected chi connectivity index (χ1v) is 6.31. The minimum absolute atomic E-state index is 0.127. The zero-order valence-corrected chi connectivity index (χ0v) is 10.9. The van der Waals surface area contributed by atoms with Crippen molar-refractivity contribution in [2.24, 2.45) is 0 Å². The van der Waals surface area contributed by atoms with Gasteiger partial charge in [0.1, 0.15) is 5.76 Å². The third-order valence-corrected chi connectivity index (χ3v) is 3.23. The Morgan fingerprint density at radius 1 is 1.50 bits per heavy atom. The van der Waals surface area contributed by atoms with Gasteiger partial charge in [0, 0.05) is 13.1 Å². The molecular weight excluding hydrogens is 232 g/mol. The molecule has 1 saturated heterocycles. The summed E-state index contributed by atoms with van der Waals surface area (Å²) in [5, 5.41) is 3.20. The highest BCUT2D eigenvalue weighted by Crippen LogP contribution is 2.09. The molecule has 0 bridgehead atoms. The smallest absolute Gasteiger partial charge is 0.239 e. The number of amides is 1. The monoisotopic (exact) mass is 252 g/mol. The molecule has 1 fully saturated rings. The molecule has 1 aliphatic heterocycles. The van der Waals surface area contributed by atoms with Crippen LogP contribution in [-0.4, -0.2) is 43.2 Å². The Bertz CT molecular complexity index is 397. The summed E-state index contributed by atoms with van der Waals surface area (Å²) in [6, 6.07) is 1.72. The number of hydrogen-bond acceptors (Lipinski definition) is 4. The molecule has 100 valence electrons. The topological polar surface area (TPSA) is 54.7 Å². The summed E-state index contributed by atoms with van der Waals surface area (Å²) in [5.74, 6) is 1.01. The number of rotatable bonds is 4. The molecule has 18 heavy (non-hydrogen) atoms. The Morgan fingerprint density at radius 2 is 2.22 bits per heavy atom. The number of carbonyl (C=O) groups excluding carboxylic acids is 1. The molecule has 2 rings (SSSR count). The van der Waals surface area contributed by atoms with Gasteiger partial charge in [0.2, 0.25) is 5.91 Å². The summed E-state index contributed by atoms with van der Waals surface area (Å²) in [6.45, 7) is 7.10. The van der Waals surface area contributed by atoms with Crippen molar-refractivity contribution in [1.82, 2.24) is 10.2 Å². The molecule has 1 unspecified atom stereocenters. The highest BCUT2D eigenvalue weighted by molar-refractivity contribution is 5.81. The van der Waals surface area contributed by atoms with Gasteiger partial charge in [0.05, 0.1) is 32.1 Å². The third-order valence-electron chi connectivity index (χ3n) is 3.23. The van der Waals surface area contributed by atoms with Crippen LogP contribution in [-0.2, 0) is 16.1 Å². The average molecular weight is 252 g/mol. The number of aryl methyl sites for hydroxylation is 1. The molecular formula is C13H20N2O3. The van der Waals surface area contributed by atoms with Gasteiger partial charge in [-0.2, -0.15) is 0 Å². The number of morpholine rings is 1. The summed E-state index contributed by atoms with van der Waals surface area (Å²) >= 11 is 0. The van der Waals surface area contributed by atoms with Gasteiger partial charge in [-0.05, 0) is 25.5 Å². The molecule has 0 radical (unpaired) electrons. The predicted molar refractivity (Wildman–Crippen MR) is 67.1 cm³/mol. The van der Waals surface area contributed by atoms with Crippen molar-refractivity contribution in [3.8, 4) is 0 Å². The maximum atomic E-state index is 12.1. The highest BCUT2D eigenvalue weighted by Gasteiger charge is 2.22. The van der Waals surface area contributed by atoms with E-state index in [9.17, 15) is 4.79 Å². The second-order valence-corrected chi connectivity index (χ2v) is 4.57. The van der Waals surface area contributed by atoms with E-state index in [-0.39, 0.29) is 11.9 Å². The normalized spacial score (nSPS) is 17.8. The van der Waals surface area contributed by atoms with Crippen LogP contribution in [0.2, 0.25) is 0 Å². The third kappa shape index (κ3) is 3.11. The first kappa shape index (κ1) is 13.1. The van der Waals surface area contributed by atoms with Gasteiger partial charge >= 0.3 is 0 Å². The van der Waals surface area contributed by atoms with Crippen LogP contribution >= 0.6 is 0 Å². The fourth-order valence-corrected chi connectivity index (χ4v) is 1.98. The van der Waals surface area contributed by atoms with E-state index in [4.69, 9.17) is 9.15 Å². The molecule has 0 aliphatic carbocycles. The van der Waals surface area contributed by atoms with E-state index >= 15 is 0 Å². The van der Waals surface area contributed by atoms with E-state index in [2.05, 4.69) is 5.32 Å². The van der Waals surface area contributed by atoms with Crippen LogP contribution in [0, 0.1) is 6.92 Å². The van der Waals surface area contributed by atoms with E-state index < -0.39 is 0 Å². The molecule has 1 N–H and O–H groups in total. The second-order valence-electron chi connectivity index (χ2n) is 4.57. The van der Waals surface area contributed by atoms with E-state index in [1.807, 2.05) is 24.8 Å². The van der Waals surface area contributed by atoms with Crippen molar-refractivity contribution < 1.29 is 13.9 Å². The molecule has 2 heterocycles. The van der Waals surface area contributed by atoms with Gasteiger partial charge in [0.25, 0.3) is 0 Å². The Labute approximate surface area is 107 Å². The molecule has 1 aliphatic rings. The van der Waals surface area contributed by atoms with Crippen LogP contribution in [0.4, 0.5) is 0 Å². The first-order chi connectivity index (χ1) is 8.68. The van der Waals surface area contributed by atoms with Crippen LogP contribution < -0.4 is 5.32 Å². The Hall–Kier alpha value is -1.33. The molecule has 5 nitrogen and oxygen atoms in total. The Kier molecular flexibility index (Phi) is 4.38. The van der Waals surface area contributed by atoms with Gasteiger partial charge in [-0.3, -0.25) is 10.1 Å². The predicted octanol–water partition coefficient (Wildman–Crippen LogP) is 0.925. The fourth-order valence-electron chi connectivity index (χ4n) is 1.98. The summed E-state index contributed by atoms with van der Waals surface area (Å²) in [5.41, 5.74) is 1.11. The van der Waals surface area contributed by atoms with Gasteiger partial charge in [-0.1, -0.05) is 0 Å². The maximum Gasteiger partial charge on any atom is 0.239 e. The van der Waals surface area contributed by atoms with Gasteiger partial charge in [-0.25, -0.2) is 0 Å². The van der Waals surface area contributed by atoms with Crippen LogP contribution in [0.3, 0.4) is 0 Å². The molecule has 0 spiro atoms. The lowest BCUT2D eigenvalue weighted by Crippen LogP contribution is -2.49. The largest absolute Gasteiger partial charge is 0.468 e. The standard InChI is InChI=1S/C13H20N2O3/c1-10-3-6-18-12(10)9-14-11(2)13(16)15-4-7-17-8-5-15/h3,6,11,14H,4-5,7-9H2,1-2H3. The molecule has 1 aromatic rings.